The second-order valence-corrected chi connectivity index (χ2v) is 6.67. The van der Waals surface area contributed by atoms with E-state index in [1.807, 2.05) is 30.3 Å². The molecule has 1 saturated heterocycles. The molecule has 1 unspecified atom stereocenters. The van der Waals surface area contributed by atoms with Crippen LogP contribution < -0.4 is 4.74 Å². The summed E-state index contributed by atoms with van der Waals surface area (Å²) in [6.07, 6.45) is 5.25. The Morgan fingerprint density at radius 1 is 1.09 bits per heavy atom. The molecule has 0 aromatic heterocycles. The molecule has 3 rings (SSSR count). The summed E-state index contributed by atoms with van der Waals surface area (Å²) >= 11 is 5.91. The highest BCUT2D eigenvalue weighted by Crippen LogP contribution is 2.26. The summed E-state index contributed by atoms with van der Waals surface area (Å²) in [6, 6.07) is 16.6. The lowest BCUT2D eigenvalue weighted by Gasteiger charge is -2.35. The summed E-state index contributed by atoms with van der Waals surface area (Å²) in [5.74, 6) is 1.70. The molecule has 122 valence electrons. The normalized spacial score (nSPS) is 18.8. The highest BCUT2D eigenvalue weighted by Gasteiger charge is 2.20. The number of ether oxygens (including phenoxy) is 1. The highest BCUT2D eigenvalue weighted by atomic mass is 35.5. The zero-order valence-electron chi connectivity index (χ0n) is 13.7. The van der Waals surface area contributed by atoms with Gasteiger partial charge in [0, 0.05) is 17.6 Å². The van der Waals surface area contributed by atoms with Gasteiger partial charge in [0.25, 0.3) is 0 Å². The molecule has 0 aliphatic carbocycles. The average molecular weight is 330 g/mol. The van der Waals surface area contributed by atoms with E-state index in [-0.39, 0.29) is 0 Å². The van der Waals surface area contributed by atoms with Crippen LogP contribution in [0.3, 0.4) is 0 Å². The summed E-state index contributed by atoms with van der Waals surface area (Å²) in [5, 5.41) is 0.724. The summed E-state index contributed by atoms with van der Waals surface area (Å²) in [4.78, 5) is 2.62. The van der Waals surface area contributed by atoms with Gasteiger partial charge in [-0.2, -0.15) is 0 Å². The van der Waals surface area contributed by atoms with Gasteiger partial charge in [0.15, 0.2) is 0 Å². The SMILES string of the molecule is CCC1CCCCN1Cc1cccc(Oc2ccc(Cl)cc2)c1. The van der Waals surface area contributed by atoms with E-state index in [2.05, 4.69) is 30.0 Å². The maximum absolute atomic E-state index is 5.94. The number of benzene rings is 2. The standard InChI is InChI=1S/C20H24ClNO/c1-2-18-7-3-4-13-22(18)15-16-6-5-8-20(14-16)23-19-11-9-17(21)10-12-19/h5-6,8-12,14,18H,2-4,7,13,15H2,1H3. The molecule has 2 nitrogen and oxygen atoms in total. The van der Waals surface area contributed by atoms with Gasteiger partial charge in [-0.05, 0) is 67.8 Å². The lowest BCUT2D eigenvalue weighted by atomic mass is 9.99. The van der Waals surface area contributed by atoms with Crippen molar-refractivity contribution in [2.45, 2.75) is 45.2 Å². The zero-order valence-corrected chi connectivity index (χ0v) is 14.4. The minimum Gasteiger partial charge on any atom is -0.457 e. The van der Waals surface area contributed by atoms with Gasteiger partial charge in [-0.25, -0.2) is 0 Å². The number of hydrogen-bond acceptors (Lipinski definition) is 2. The first-order valence-electron chi connectivity index (χ1n) is 8.51. The lowest BCUT2D eigenvalue weighted by Crippen LogP contribution is -2.38. The van der Waals surface area contributed by atoms with Crippen molar-refractivity contribution >= 4 is 11.6 Å². The van der Waals surface area contributed by atoms with Crippen molar-refractivity contribution in [2.24, 2.45) is 0 Å². The third-order valence-corrected chi connectivity index (χ3v) is 4.81. The summed E-state index contributed by atoms with van der Waals surface area (Å²) < 4.78 is 5.94. The van der Waals surface area contributed by atoms with Gasteiger partial charge in [-0.15, -0.1) is 0 Å². The van der Waals surface area contributed by atoms with Crippen LogP contribution in [0.15, 0.2) is 48.5 Å². The molecular weight excluding hydrogens is 306 g/mol. The maximum atomic E-state index is 5.94. The van der Waals surface area contributed by atoms with Gasteiger partial charge in [0.1, 0.15) is 11.5 Å². The van der Waals surface area contributed by atoms with E-state index < -0.39 is 0 Å². The van der Waals surface area contributed by atoms with Crippen LogP contribution in [-0.2, 0) is 6.54 Å². The third-order valence-electron chi connectivity index (χ3n) is 4.55. The van der Waals surface area contributed by atoms with E-state index in [1.165, 1.54) is 37.8 Å². The molecule has 0 N–H and O–H groups in total. The maximum Gasteiger partial charge on any atom is 0.127 e. The predicted molar refractivity (Wildman–Crippen MR) is 96.3 cm³/mol. The number of piperidine rings is 1. The van der Waals surface area contributed by atoms with E-state index in [1.54, 1.807) is 0 Å². The van der Waals surface area contributed by atoms with Gasteiger partial charge in [0.05, 0.1) is 0 Å². The first-order chi connectivity index (χ1) is 11.2. The molecule has 1 atom stereocenters. The Morgan fingerprint density at radius 3 is 2.70 bits per heavy atom. The summed E-state index contributed by atoms with van der Waals surface area (Å²) in [6.45, 7) is 4.51. The molecule has 0 amide bonds. The van der Waals surface area contributed by atoms with Crippen molar-refractivity contribution in [1.82, 2.24) is 4.90 Å². The second kappa shape index (κ2) is 7.85. The van der Waals surface area contributed by atoms with E-state index in [4.69, 9.17) is 16.3 Å². The molecular formula is C20H24ClNO. The first kappa shape index (κ1) is 16.4. The molecule has 0 saturated carbocycles. The molecule has 1 heterocycles. The smallest absolute Gasteiger partial charge is 0.127 e. The van der Waals surface area contributed by atoms with Crippen LogP contribution in [0.5, 0.6) is 11.5 Å². The van der Waals surface area contributed by atoms with Crippen LogP contribution in [0.2, 0.25) is 5.02 Å². The van der Waals surface area contributed by atoms with Crippen molar-refractivity contribution < 1.29 is 4.74 Å². The van der Waals surface area contributed by atoms with E-state index in [0.29, 0.717) is 0 Å². The van der Waals surface area contributed by atoms with Gasteiger partial charge in [0.2, 0.25) is 0 Å². The predicted octanol–water partition coefficient (Wildman–Crippen LogP) is 5.90. The van der Waals surface area contributed by atoms with E-state index in [0.717, 1.165) is 29.1 Å². The molecule has 1 aliphatic heterocycles. The highest BCUT2D eigenvalue weighted by molar-refractivity contribution is 6.30. The van der Waals surface area contributed by atoms with Gasteiger partial charge in [-0.3, -0.25) is 4.90 Å². The van der Waals surface area contributed by atoms with Crippen molar-refractivity contribution in [3.63, 3.8) is 0 Å². The number of halogens is 1. The monoisotopic (exact) mass is 329 g/mol. The number of nitrogens with zero attached hydrogens (tertiary/aromatic N) is 1. The molecule has 1 aliphatic rings. The third kappa shape index (κ3) is 4.49. The molecule has 2 aromatic carbocycles. The van der Waals surface area contributed by atoms with Crippen molar-refractivity contribution in [2.75, 3.05) is 6.54 Å². The fraction of sp³-hybridized carbons (Fsp3) is 0.400. The Labute approximate surface area is 144 Å². The van der Waals surface area contributed by atoms with E-state index in [9.17, 15) is 0 Å². The Hall–Kier alpha value is -1.51. The van der Waals surface area contributed by atoms with Gasteiger partial charge >= 0.3 is 0 Å². The zero-order chi connectivity index (χ0) is 16.1. The van der Waals surface area contributed by atoms with Crippen LogP contribution >= 0.6 is 11.6 Å². The van der Waals surface area contributed by atoms with Crippen molar-refractivity contribution in [1.29, 1.82) is 0 Å². The number of likely N-dealkylation sites (tertiary alicyclic amines) is 1. The Bertz CT molecular complexity index is 626. The van der Waals surface area contributed by atoms with Crippen LogP contribution in [-0.4, -0.2) is 17.5 Å². The minimum absolute atomic E-state index is 0.724. The summed E-state index contributed by atoms with van der Waals surface area (Å²) in [7, 11) is 0. The lowest BCUT2D eigenvalue weighted by molar-refractivity contribution is 0.136. The first-order valence-corrected chi connectivity index (χ1v) is 8.89. The molecule has 3 heteroatoms. The fourth-order valence-corrected chi connectivity index (χ4v) is 3.44. The second-order valence-electron chi connectivity index (χ2n) is 6.23. The van der Waals surface area contributed by atoms with Crippen LogP contribution in [0, 0.1) is 0 Å². The summed E-state index contributed by atoms with van der Waals surface area (Å²) in [5.41, 5.74) is 1.32. The van der Waals surface area contributed by atoms with Crippen LogP contribution in [0.4, 0.5) is 0 Å². The number of rotatable bonds is 5. The topological polar surface area (TPSA) is 12.5 Å². The Balaban J connectivity index is 1.68. The Kier molecular flexibility index (Phi) is 5.58. The Morgan fingerprint density at radius 2 is 1.91 bits per heavy atom. The van der Waals surface area contributed by atoms with E-state index >= 15 is 0 Å². The molecule has 0 bridgehead atoms. The molecule has 23 heavy (non-hydrogen) atoms. The quantitative estimate of drug-likeness (QED) is 0.677. The van der Waals surface area contributed by atoms with Crippen LogP contribution in [0.1, 0.15) is 38.2 Å². The van der Waals surface area contributed by atoms with Crippen molar-refractivity contribution in [3.8, 4) is 11.5 Å². The number of hydrogen-bond donors (Lipinski definition) is 0. The molecule has 0 radical (unpaired) electrons. The average Bonchev–Trinajstić information content (AvgIpc) is 2.58. The van der Waals surface area contributed by atoms with Gasteiger partial charge in [-0.1, -0.05) is 37.1 Å². The largest absolute Gasteiger partial charge is 0.457 e. The molecule has 1 fully saturated rings. The van der Waals surface area contributed by atoms with Gasteiger partial charge < -0.3 is 4.74 Å². The van der Waals surface area contributed by atoms with Crippen LogP contribution in [0.25, 0.3) is 0 Å². The van der Waals surface area contributed by atoms with Crippen molar-refractivity contribution in [3.05, 3.63) is 59.1 Å². The fourth-order valence-electron chi connectivity index (χ4n) is 3.31. The molecule has 0 spiro atoms. The minimum atomic E-state index is 0.724. The molecule has 2 aromatic rings.